The van der Waals surface area contributed by atoms with Gasteiger partial charge in [0.2, 0.25) is 5.91 Å². The zero-order valence-corrected chi connectivity index (χ0v) is 11.6. The maximum absolute atomic E-state index is 11.5. The van der Waals surface area contributed by atoms with E-state index in [1.54, 1.807) is 0 Å². The number of carbonyl (C=O) groups excluding carboxylic acids is 1. The molecule has 1 amide bonds. The van der Waals surface area contributed by atoms with Gasteiger partial charge in [-0.3, -0.25) is 4.79 Å². The van der Waals surface area contributed by atoms with E-state index < -0.39 is 0 Å². The van der Waals surface area contributed by atoms with Crippen molar-refractivity contribution in [2.45, 2.75) is 46.5 Å². The van der Waals surface area contributed by atoms with Crippen LogP contribution >= 0.6 is 0 Å². The van der Waals surface area contributed by atoms with Crippen molar-refractivity contribution in [2.75, 3.05) is 27.2 Å². The summed E-state index contributed by atoms with van der Waals surface area (Å²) in [4.78, 5) is 13.7. The van der Waals surface area contributed by atoms with Crippen LogP contribution in [0.1, 0.15) is 46.5 Å². The largest absolute Gasteiger partial charge is 0.356 e. The standard InChI is InChI=1S/C13H28N2O/c1-6-8-12(16)14-10-13(3,9-7-2)11-15(4)5/h6-11H2,1-5H3,(H,14,16). The predicted octanol–water partition coefficient (Wildman–Crippen LogP) is 2.27. The second-order valence-corrected chi connectivity index (χ2v) is 5.33. The second kappa shape index (κ2) is 7.66. The molecular formula is C13H28N2O. The molecule has 3 nitrogen and oxygen atoms in total. The summed E-state index contributed by atoms with van der Waals surface area (Å²) in [6.45, 7) is 8.29. The Kier molecular flexibility index (Phi) is 7.39. The minimum Gasteiger partial charge on any atom is -0.356 e. The molecule has 0 aromatic heterocycles. The first-order valence-electron chi connectivity index (χ1n) is 6.35. The maximum Gasteiger partial charge on any atom is 0.220 e. The van der Waals surface area contributed by atoms with Crippen LogP contribution in [0.3, 0.4) is 0 Å². The lowest BCUT2D eigenvalue weighted by atomic mass is 9.85. The van der Waals surface area contributed by atoms with Crippen molar-refractivity contribution in [3.8, 4) is 0 Å². The molecule has 0 saturated heterocycles. The Morgan fingerprint density at radius 3 is 2.31 bits per heavy atom. The summed E-state index contributed by atoms with van der Waals surface area (Å²) >= 11 is 0. The fraction of sp³-hybridized carbons (Fsp3) is 0.923. The fourth-order valence-corrected chi connectivity index (χ4v) is 2.22. The average Bonchev–Trinajstić information content (AvgIpc) is 2.14. The van der Waals surface area contributed by atoms with Crippen molar-refractivity contribution < 1.29 is 4.79 Å². The van der Waals surface area contributed by atoms with Gasteiger partial charge in [0, 0.05) is 19.5 Å². The van der Waals surface area contributed by atoms with Crippen LogP contribution in [-0.4, -0.2) is 38.0 Å². The van der Waals surface area contributed by atoms with Gasteiger partial charge in [0.15, 0.2) is 0 Å². The molecule has 0 saturated carbocycles. The molecule has 16 heavy (non-hydrogen) atoms. The van der Waals surface area contributed by atoms with E-state index in [1.807, 2.05) is 6.92 Å². The smallest absolute Gasteiger partial charge is 0.220 e. The summed E-state index contributed by atoms with van der Waals surface area (Å²) in [5.74, 6) is 0.184. The second-order valence-electron chi connectivity index (χ2n) is 5.33. The topological polar surface area (TPSA) is 32.3 Å². The van der Waals surface area contributed by atoms with Gasteiger partial charge < -0.3 is 10.2 Å². The average molecular weight is 228 g/mol. The summed E-state index contributed by atoms with van der Waals surface area (Å²) in [5, 5.41) is 3.05. The first-order valence-corrected chi connectivity index (χ1v) is 6.35. The van der Waals surface area contributed by atoms with E-state index in [-0.39, 0.29) is 11.3 Å². The molecular weight excluding hydrogens is 200 g/mol. The molecule has 0 rings (SSSR count). The number of hydrogen-bond acceptors (Lipinski definition) is 2. The predicted molar refractivity (Wildman–Crippen MR) is 69.5 cm³/mol. The van der Waals surface area contributed by atoms with Crippen molar-refractivity contribution >= 4 is 5.91 Å². The Bertz CT molecular complexity index is 204. The summed E-state index contributed by atoms with van der Waals surface area (Å²) in [6.07, 6.45) is 3.87. The van der Waals surface area contributed by atoms with Gasteiger partial charge >= 0.3 is 0 Å². The summed E-state index contributed by atoms with van der Waals surface area (Å²) in [6, 6.07) is 0. The third-order valence-electron chi connectivity index (χ3n) is 2.74. The van der Waals surface area contributed by atoms with Gasteiger partial charge in [0.05, 0.1) is 0 Å². The molecule has 0 aromatic carbocycles. The fourth-order valence-electron chi connectivity index (χ4n) is 2.22. The highest BCUT2D eigenvalue weighted by Gasteiger charge is 2.24. The van der Waals surface area contributed by atoms with Crippen LogP contribution in [-0.2, 0) is 4.79 Å². The molecule has 1 unspecified atom stereocenters. The number of hydrogen-bond donors (Lipinski definition) is 1. The SMILES string of the molecule is CCCC(=O)NCC(C)(CCC)CN(C)C. The van der Waals surface area contributed by atoms with Crippen LogP contribution in [0.4, 0.5) is 0 Å². The van der Waals surface area contributed by atoms with E-state index in [2.05, 4.69) is 38.2 Å². The van der Waals surface area contributed by atoms with E-state index in [4.69, 9.17) is 0 Å². The van der Waals surface area contributed by atoms with Crippen LogP contribution in [0.15, 0.2) is 0 Å². The van der Waals surface area contributed by atoms with Gasteiger partial charge in [-0.25, -0.2) is 0 Å². The van der Waals surface area contributed by atoms with Gasteiger partial charge in [-0.1, -0.05) is 27.2 Å². The monoisotopic (exact) mass is 228 g/mol. The Hall–Kier alpha value is -0.570. The minimum absolute atomic E-state index is 0.184. The number of nitrogens with one attached hydrogen (secondary N) is 1. The molecule has 1 N–H and O–H groups in total. The summed E-state index contributed by atoms with van der Waals surface area (Å²) in [7, 11) is 4.17. The molecule has 0 fully saturated rings. The number of amides is 1. The van der Waals surface area contributed by atoms with Gasteiger partial charge in [-0.2, -0.15) is 0 Å². The normalized spacial score (nSPS) is 14.9. The van der Waals surface area contributed by atoms with Crippen molar-refractivity contribution in [2.24, 2.45) is 5.41 Å². The van der Waals surface area contributed by atoms with E-state index in [1.165, 1.54) is 0 Å². The highest BCUT2D eigenvalue weighted by Crippen LogP contribution is 2.23. The molecule has 0 heterocycles. The van der Waals surface area contributed by atoms with Gasteiger partial charge in [0.25, 0.3) is 0 Å². The highest BCUT2D eigenvalue weighted by molar-refractivity contribution is 5.75. The van der Waals surface area contributed by atoms with E-state index in [0.29, 0.717) is 6.42 Å². The van der Waals surface area contributed by atoms with E-state index >= 15 is 0 Å². The molecule has 0 radical (unpaired) electrons. The Morgan fingerprint density at radius 1 is 1.25 bits per heavy atom. The van der Waals surface area contributed by atoms with Crippen molar-refractivity contribution in [1.82, 2.24) is 10.2 Å². The Labute approximate surface area is 101 Å². The molecule has 96 valence electrons. The van der Waals surface area contributed by atoms with Gasteiger partial charge in [0.1, 0.15) is 0 Å². The zero-order chi connectivity index (χ0) is 12.6. The molecule has 0 bridgehead atoms. The molecule has 0 spiro atoms. The lowest BCUT2D eigenvalue weighted by Gasteiger charge is -2.32. The van der Waals surface area contributed by atoms with E-state index in [0.717, 1.165) is 32.4 Å². The first kappa shape index (κ1) is 15.4. The Balaban J connectivity index is 4.15. The number of nitrogens with zero attached hydrogens (tertiary/aromatic N) is 1. The molecule has 0 aliphatic carbocycles. The van der Waals surface area contributed by atoms with Crippen LogP contribution in [0.5, 0.6) is 0 Å². The van der Waals surface area contributed by atoms with Crippen LogP contribution in [0.25, 0.3) is 0 Å². The van der Waals surface area contributed by atoms with E-state index in [9.17, 15) is 4.79 Å². The third kappa shape index (κ3) is 6.83. The third-order valence-corrected chi connectivity index (χ3v) is 2.74. The van der Waals surface area contributed by atoms with Crippen molar-refractivity contribution in [3.63, 3.8) is 0 Å². The van der Waals surface area contributed by atoms with Crippen LogP contribution < -0.4 is 5.32 Å². The van der Waals surface area contributed by atoms with Gasteiger partial charge in [-0.05, 0) is 32.4 Å². The quantitative estimate of drug-likeness (QED) is 0.691. The Morgan fingerprint density at radius 2 is 1.88 bits per heavy atom. The highest BCUT2D eigenvalue weighted by atomic mass is 16.1. The molecule has 3 heteroatoms. The molecule has 0 aliphatic heterocycles. The van der Waals surface area contributed by atoms with Crippen molar-refractivity contribution in [3.05, 3.63) is 0 Å². The molecule has 0 aliphatic rings. The number of carbonyl (C=O) groups is 1. The number of rotatable bonds is 8. The van der Waals surface area contributed by atoms with Gasteiger partial charge in [-0.15, -0.1) is 0 Å². The lowest BCUT2D eigenvalue weighted by molar-refractivity contribution is -0.121. The zero-order valence-electron chi connectivity index (χ0n) is 11.6. The minimum atomic E-state index is 0.184. The van der Waals surface area contributed by atoms with Crippen LogP contribution in [0, 0.1) is 5.41 Å². The van der Waals surface area contributed by atoms with Crippen molar-refractivity contribution in [1.29, 1.82) is 0 Å². The summed E-state index contributed by atoms with van der Waals surface area (Å²) in [5.41, 5.74) is 0.196. The summed E-state index contributed by atoms with van der Waals surface area (Å²) < 4.78 is 0. The maximum atomic E-state index is 11.5. The first-order chi connectivity index (χ1) is 7.43. The lowest BCUT2D eigenvalue weighted by Crippen LogP contribution is -2.41. The molecule has 0 aromatic rings. The molecule has 1 atom stereocenters. The van der Waals surface area contributed by atoms with Crippen LogP contribution in [0.2, 0.25) is 0 Å².